The molecule has 0 aliphatic heterocycles. The Balaban J connectivity index is 1.48. The minimum Gasteiger partial charge on any atom is -0.410 e. The monoisotopic (exact) mass is 335 g/mol. The van der Waals surface area contributed by atoms with Crippen LogP contribution >= 0.6 is 0 Å². The summed E-state index contributed by atoms with van der Waals surface area (Å²) in [5.41, 5.74) is 2.62. The standard InChI is InChI=1S/C20H21N3O2/c21-12-15-6-10-19(11-7-15)25-20(24)23-14-18-9-8-17(13-22-18)16-4-2-1-3-5-16/h6-11,13,16H,1-5,14H2,(H,23,24). The first-order valence-corrected chi connectivity index (χ1v) is 8.65. The van der Waals surface area contributed by atoms with E-state index in [4.69, 9.17) is 10.00 Å². The van der Waals surface area contributed by atoms with Crippen LogP contribution in [-0.4, -0.2) is 11.1 Å². The summed E-state index contributed by atoms with van der Waals surface area (Å²) in [5.74, 6) is 1.03. The van der Waals surface area contributed by atoms with E-state index in [1.807, 2.05) is 18.3 Å². The van der Waals surface area contributed by atoms with E-state index >= 15 is 0 Å². The maximum atomic E-state index is 11.8. The lowest BCUT2D eigenvalue weighted by Gasteiger charge is -2.21. The van der Waals surface area contributed by atoms with E-state index in [1.54, 1.807) is 24.3 Å². The Kier molecular flexibility index (Phi) is 5.63. The zero-order valence-electron chi connectivity index (χ0n) is 14.1. The van der Waals surface area contributed by atoms with Crippen LogP contribution in [0, 0.1) is 11.3 Å². The van der Waals surface area contributed by atoms with Crippen molar-refractivity contribution in [3.8, 4) is 11.8 Å². The van der Waals surface area contributed by atoms with Crippen molar-refractivity contribution in [1.29, 1.82) is 5.26 Å². The van der Waals surface area contributed by atoms with Gasteiger partial charge < -0.3 is 10.1 Å². The molecule has 1 aliphatic carbocycles. The van der Waals surface area contributed by atoms with Gasteiger partial charge in [-0.15, -0.1) is 0 Å². The second-order valence-electron chi connectivity index (χ2n) is 6.30. The van der Waals surface area contributed by atoms with Gasteiger partial charge in [-0.05, 0) is 54.7 Å². The lowest BCUT2D eigenvalue weighted by atomic mass is 9.85. The topological polar surface area (TPSA) is 75.0 Å². The van der Waals surface area contributed by atoms with Gasteiger partial charge in [0.15, 0.2) is 0 Å². The molecule has 5 nitrogen and oxygen atoms in total. The number of rotatable bonds is 4. The number of nitrogens with zero attached hydrogens (tertiary/aromatic N) is 2. The molecule has 1 saturated carbocycles. The molecule has 1 aromatic carbocycles. The molecule has 5 heteroatoms. The van der Waals surface area contributed by atoms with Gasteiger partial charge in [0.2, 0.25) is 0 Å². The summed E-state index contributed by atoms with van der Waals surface area (Å²) in [4.78, 5) is 16.3. The Bertz CT molecular complexity index is 742. The molecule has 25 heavy (non-hydrogen) atoms. The third kappa shape index (κ3) is 4.80. The van der Waals surface area contributed by atoms with Crippen molar-refractivity contribution >= 4 is 6.09 Å². The van der Waals surface area contributed by atoms with Gasteiger partial charge in [-0.25, -0.2) is 4.79 Å². The highest BCUT2D eigenvalue weighted by Gasteiger charge is 2.15. The first kappa shape index (κ1) is 17.0. The number of carbonyl (C=O) groups is 1. The van der Waals surface area contributed by atoms with E-state index in [9.17, 15) is 4.79 Å². The van der Waals surface area contributed by atoms with Crippen molar-refractivity contribution in [3.05, 3.63) is 59.4 Å². The summed E-state index contributed by atoms with van der Waals surface area (Å²) in [7, 11) is 0. The Morgan fingerprint density at radius 2 is 1.92 bits per heavy atom. The van der Waals surface area contributed by atoms with Crippen LogP contribution in [0.25, 0.3) is 0 Å². The summed E-state index contributed by atoms with van der Waals surface area (Å²) in [6, 6.07) is 12.5. The van der Waals surface area contributed by atoms with Gasteiger partial charge in [-0.1, -0.05) is 25.3 Å². The van der Waals surface area contributed by atoms with Crippen LogP contribution < -0.4 is 10.1 Å². The Morgan fingerprint density at radius 1 is 1.16 bits per heavy atom. The van der Waals surface area contributed by atoms with Crippen LogP contribution in [0.5, 0.6) is 5.75 Å². The highest BCUT2D eigenvalue weighted by atomic mass is 16.6. The third-order valence-electron chi connectivity index (χ3n) is 4.53. The number of carbonyl (C=O) groups excluding carboxylic acids is 1. The van der Waals surface area contributed by atoms with Crippen molar-refractivity contribution in [3.63, 3.8) is 0 Å². The molecule has 1 amide bonds. The molecule has 0 spiro atoms. The third-order valence-corrected chi connectivity index (χ3v) is 4.53. The van der Waals surface area contributed by atoms with Crippen LogP contribution in [-0.2, 0) is 6.54 Å². The highest BCUT2D eigenvalue weighted by Crippen LogP contribution is 2.32. The molecular weight excluding hydrogens is 314 g/mol. The quantitative estimate of drug-likeness (QED) is 0.904. The zero-order chi connectivity index (χ0) is 17.5. The molecule has 0 radical (unpaired) electrons. The molecular formula is C20H21N3O2. The SMILES string of the molecule is N#Cc1ccc(OC(=O)NCc2ccc(C3CCCCC3)cn2)cc1. The highest BCUT2D eigenvalue weighted by molar-refractivity contribution is 5.70. The Morgan fingerprint density at radius 3 is 2.56 bits per heavy atom. The fourth-order valence-electron chi connectivity index (χ4n) is 3.12. The minimum absolute atomic E-state index is 0.320. The molecule has 0 saturated heterocycles. The number of nitrogens with one attached hydrogen (secondary N) is 1. The van der Waals surface area contributed by atoms with E-state index in [1.165, 1.54) is 37.7 Å². The normalized spacial score (nSPS) is 14.5. The summed E-state index contributed by atoms with van der Waals surface area (Å²) in [5, 5.41) is 11.4. The number of ether oxygens (including phenoxy) is 1. The van der Waals surface area contributed by atoms with Crippen molar-refractivity contribution in [1.82, 2.24) is 10.3 Å². The molecule has 0 bridgehead atoms. The predicted octanol–water partition coefficient (Wildman–Crippen LogP) is 4.29. The smallest absolute Gasteiger partial charge is 0.410 e. The van der Waals surface area contributed by atoms with Gasteiger partial charge in [0.25, 0.3) is 0 Å². The Hall–Kier alpha value is -2.87. The number of nitriles is 1. The number of pyridine rings is 1. The van der Waals surface area contributed by atoms with E-state index < -0.39 is 6.09 Å². The molecule has 3 rings (SSSR count). The maximum absolute atomic E-state index is 11.8. The summed E-state index contributed by atoms with van der Waals surface area (Å²) in [6.07, 6.45) is 7.83. The summed E-state index contributed by atoms with van der Waals surface area (Å²) < 4.78 is 5.17. The van der Waals surface area contributed by atoms with Crippen LogP contribution in [0.3, 0.4) is 0 Å². The number of aromatic nitrogens is 1. The largest absolute Gasteiger partial charge is 0.412 e. The molecule has 1 aromatic heterocycles. The average Bonchev–Trinajstić information content (AvgIpc) is 2.68. The van der Waals surface area contributed by atoms with E-state index in [0.717, 1.165) is 5.69 Å². The van der Waals surface area contributed by atoms with Gasteiger partial charge in [0.05, 0.1) is 23.9 Å². The second-order valence-corrected chi connectivity index (χ2v) is 6.30. The molecule has 1 heterocycles. The van der Waals surface area contributed by atoms with Gasteiger partial charge in [-0.2, -0.15) is 5.26 Å². The van der Waals surface area contributed by atoms with Crippen LogP contribution in [0.4, 0.5) is 4.79 Å². The van der Waals surface area contributed by atoms with E-state index in [-0.39, 0.29) is 0 Å². The van der Waals surface area contributed by atoms with Gasteiger partial charge >= 0.3 is 6.09 Å². The van der Waals surface area contributed by atoms with Crippen molar-refractivity contribution in [2.75, 3.05) is 0 Å². The Labute approximate surface area is 147 Å². The number of amides is 1. The van der Waals surface area contributed by atoms with Gasteiger partial charge in [0.1, 0.15) is 5.75 Å². The molecule has 0 atom stereocenters. The zero-order valence-corrected chi connectivity index (χ0v) is 14.1. The van der Waals surface area contributed by atoms with E-state index in [0.29, 0.717) is 23.8 Å². The summed E-state index contributed by atoms with van der Waals surface area (Å²) in [6.45, 7) is 0.320. The first-order valence-electron chi connectivity index (χ1n) is 8.65. The van der Waals surface area contributed by atoms with Crippen LogP contribution in [0.1, 0.15) is 54.8 Å². The number of hydrogen-bond donors (Lipinski definition) is 1. The number of hydrogen-bond acceptors (Lipinski definition) is 4. The fraction of sp³-hybridized carbons (Fsp3) is 0.350. The molecule has 128 valence electrons. The maximum Gasteiger partial charge on any atom is 0.412 e. The van der Waals surface area contributed by atoms with Gasteiger partial charge in [0, 0.05) is 6.20 Å². The average molecular weight is 335 g/mol. The molecule has 2 aromatic rings. The number of benzene rings is 1. The molecule has 0 unspecified atom stereocenters. The first-order chi connectivity index (χ1) is 12.2. The van der Waals surface area contributed by atoms with Crippen molar-refractivity contribution in [2.24, 2.45) is 0 Å². The molecule has 1 fully saturated rings. The van der Waals surface area contributed by atoms with Crippen molar-refractivity contribution in [2.45, 2.75) is 44.6 Å². The lowest BCUT2D eigenvalue weighted by molar-refractivity contribution is 0.200. The lowest BCUT2D eigenvalue weighted by Crippen LogP contribution is -2.26. The molecule has 1 aliphatic rings. The minimum atomic E-state index is -0.539. The van der Waals surface area contributed by atoms with E-state index in [2.05, 4.69) is 16.4 Å². The fourth-order valence-corrected chi connectivity index (χ4v) is 3.12. The predicted molar refractivity (Wildman–Crippen MR) is 94.1 cm³/mol. The summed E-state index contributed by atoms with van der Waals surface area (Å²) >= 11 is 0. The second kappa shape index (κ2) is 8.29. The van der Waals surface area contributed by atoms with Gasteiger partial charge in [-0.3, -0.25) is 4.98 Å². The molecule has 1 N–H and O–H groups in total. The van der Waals surface area contributed by atoms with Crippen LogP contribution in [0.2, 0.25) is 0 Å². The van der Waals surface area contributed by atoms with Crippen molar-refractivity contribution < 1.29 is 9.53 Å². The van der Waals surface area contributed by atoms with Crippen LogP contribution in [0.15, 0.2) is 42.6 Å².